The first-order chi connectivity index (χ1) is 7.15. The van der Waals surface area contributed by atoms with E-state index >= 15 is 0 Å². The molecule has 0 aromatic carbocycles. The number of nitrogens with one attached hydrogen (secondary N) is 1. The fourth-order valence-corrected chi connectivity index (χ4v) is 2.00. The predicted molar refractivity (Wildman–Crippen MR) is 61.5 cm³/mol. The van der Waals surface area contributed by atoms with E-state index < -0.39 is 0 Å². The van der Waals surface area contributed by atoms with Gasteiger partial charge in [0.1, 0.15) is 0 Å². The van der Waals surface area contributed by atoms with E-state index in [2.05, 4.69) is 24.2 Å². The summed E-state index contributed by atoms with van der Waals surface area (Å²) in [5.41, 5.74) is 5.57. The molecule has 1 rings (SSSR count). The van der Waals surface area contributed by atoms with Crippen LogP contribution < -0.4 is 11.1 Å². The van der Waals surface area contributed by atoms with Crippen molar-refractivity contribution in [3.63, 3.8) is 0 Å². The summed E-state index contributed by atoms with van der Waals surface area (Å²) in [5.74, 6) is 0.497. The van der Waals surface area contributed by atoms with E-state index in [0.29, 0.717) is 24.9 Å². The van der Waals surface area contributed by atoms with Gasteiger partial charge in [0, 0.05) is 19.0 Å². The lowest BCUT2D eigenvalue weighted by atomic mass is 10.0. The highest BCUT2D eigenvalue weighted by atomic mass is 16.1. The number of nitrogens with two attached hydrogens (primary N) is 1. The number of carbonyl (C=O) groups excluding carboxylic acids is 1. The molecule has 1 fully saturated rings. The molecule has 1 aliphatic rings. The van der Waals surface area contributed by atoms with E-state index in [-0.39, 0.29) is 5.91 Å². The molecule has 0 bridgehead atoms. The van der Waals surface area contributed by atoms with Crippen molar-refractivity contribution in [3.05, 3.63) is 0 Å². The lowest BCUT2D eigenvalue weighted by Crippen LogP contribution is -2.38. The van der Waals surface area contributed by atoms with Crippen LogP contribution >= 0.6 is 0 Å². The smallest absolute Gasteiger partial charge is 0.220 e. The van der Waals surface area contributed by atoms with Crippen LogP contribution in [0.15, 0.2) is 0 Å². The molecule has 0 aromatic heterocycles. The van der Waals surface area contributed by atoms with Gasteiger partial charge in [-0.1, -0.05) is 13.3 Å². The van der Waals surface area contributed by atoms with E-state index in [1.54, 1.807) is 0 Å². The summed E-state index contributed by atoms with van der Waals surface area (Å²) in [7, 11) is 2.08. The van der Waals surface area contributed by atoms with Gasteiger partial charge in [-0.15, -0.1) is 0 Å². The Morgan fingerprint density at radius 3 is 2.87 bits per heavy atom. The molecule has 0 aliphatic carbocycles. The predicted octanol–water partition coefficient (Wildman–Crippen LogP) is 0.182. The molecule has 2 unspecified atom stereocenters. The summed E-state index contributed by atoms with van der Waals surface area (Å²) in [5, 5.41) is 3.07. The van der Waals surface area contributed by atoms with Crippen LogP contribution in [0.25, 0.3) is 0 Å². The zero-order valence-electron chi connectivity index (χ0n) is 9.83. The van der Waals surface area contributed by atoms with Crippen molar-refractivity contribution < 1.29 is 4.79 Å². The summed E-state index contributed by atoms with van der Waals surface area (Å²) < 4.78 is 0. The maximum atomic E-state index is 11.6. The number of nitrogens with zero attached hydrogens (tertiary/aromatic N) is 1. The van der Waals surface area contributed by atoms with Crippen molar-refractivity contribution >= 4 is 5.91 Å². The molecule has 3 N–H and O–H groups in total. The summed E-state index contributed by atoms with van der Waals surface area (Å²) >= 11 is 0. The molecule has 1 saturated heterocycles. The Morgan fingerprint density at radius 2 is 2.40 bits per heavy atom. The molecule has 1 aliphatic heterocycles. The third-order valence-electron chi connectivity index (χ3n) is 3.14. The Bertz CT molecular complexity index is 204. The number of likely N-dealkylation sites (tertiary alicyclic amines) is 1. The second kappa shape index (κ2) is 6.08. The Morgan fingerprint density at radius 1 is 1.67 bits per heavy atom. The van der Waals surface area contributed by atoms with E-state index in [1.807, 2.05) is 0 Å². The standard InChI is InChI=1S/C11H23N3O/c1-3-9(7-12)6-11(15)13-10-4-5-14(2)8-10/h9-10H,3-8,12H2,1-2H3,(H,13,15). The van der Waals surface area contributed by atoms with Crippen LogP contribution in [0.2, 0.25) is 0 Å². The van der Waals surface area contributed by atoms with Crippen molar-refractivity contribution in [2.24, 2.45) is 11.7 Å². The highest BCUT2D eigenvalue weighted by Gasteiger charge is 2.21. The monoisotopic (exact) mass is 213 g/mol. The van der Waals surface area contributed by atoms with Gasteiger partial charge in [-0.05, 0) is 32.5 Å². The number of hydrogen-bond donors (Lipinski definition) is 2. The first kappa shape index (κ1) is 12.5. The van der Waals surface area contributed by atoms with Crippen molar-refractivity contribution in [1.82, 2.24) is 10.2 Å². The molecule has 4 nitrogen and oxygen atoms in total. The van der Waals surface area contributed by atoms with Crippen LogP contribution in [0.4, 0.5) is 0 Å². The fourth-order valence-electron chi connectivity index (χ4n) is 2.00. The largest absolute Gasteiger partial charge is 0.352 e. The van der Waals surface area contributed by atoms with Gasteiger partial charge in [0.15, 0.2) is 0 Å². The summed E-state index contributed by atoms with van der Waals surface area (Å²) in [6, 6.07) is 0.345. The van der Waals surface area contributed by atoms with Crippen LogP contribution in [0.5, 0.6) is 0 Å². The Hall–Kier alpha value is -0.610. The van der Waals surface area contributed by atoms with Crippen molar-refractivity contribution in [2.75, 3.05) is 26.7 Å². The minimum atomic E-state index is 0.160. The lowest BCUT2D eigenvalue weighted by molar-refractivity contribution is -0.122. The first-order valence-electron chi connectivity index (χ1n) is 5.83. The SMILES string of the molecule is CCC(CN)CC(=O)NC1CCN(C)C1. The number of rotatable bonds is 5. The Labute approximate surface area is 92.2 Å². The lowest BCUT2D eigenvalue weighted by Gasteiger charge is -2.16. The average molecular weight is 213 g/mol. The summed E-state index contributed by atoms with van der Waals surface area (Å²) in [6.45, 7) is 4.74. The zero-order valence-corrected chi connectivity index (χ0v) is 9.83. The van der Waals surface area contributed by atoms with Gasteiger partial charge in [-0.25, -0.2) is 0 Å². The van der Waals surface area contributed by atoms with Crippen LogP contribution in [-0.2, 0) is 4.79 Å². The van der Waals surface area contributed by atoms with E-state index in [9.17, 15) is 4.79 Å². The molecule has 0 aromatic rings. The summed E-state index contributed by atoms with van der Waals surface area (Å²) in [4.78, 5) is 13.9. The second-order valence-electron chi connectivity index (χ2n) is 4.53. The third-order valence-corrected chi connectivity index (χ3v) is 3.14. The molecule has 0 spiro atoms. The summed E-state index contributed by atoms with van der Waals surface area (Å²) in [6.07, 6.45) is 2.63. The molecule has 88 valence electrons. The molecule has 4 heteroatoms. The Balaban J connectivity index is 2.23. The maximum Gasteiger partial charge on any atom is 0.220 e. The normalized spacial score (nSPS) is 24.1. The van der Waals surface area contributed by atoms with Crippen molar-refractivity contribution in [3.8, 4) is 0 Å². The minimum absolute atomic E-state index is 0.160. The van der Waals surface area contributed by atoms with Crippen LogP contribution in [-0.4, -0.2) is 43.5 Å². The molecule has 0 radical (unpaired) electrons. The second-order valence-corrected chi connectivity index (χ2v) is 4.53. The highest BCUT2D eigenvalue weighted by Crippen LogP contribution is 2.09. The van der Waals surface area contributed by atoms with Gasteiger partial charge in [0.25, 0.3) is 0 Å². The molecular weight excluding hydrogens is 190 g/mol. The number of hydrogen-bond acceptors (Lipinski definition) is 3. The molecule has 1 amide bonds. The molecule has 2 atom stereocenters. The fraction of sp³-hybridized carbons (Fsp3) is 0.909. The van der Waals surface area contributed by atoms with E-state index in [4.69, 9.17) is 5.73 Å². The minimum Gasteiger partial charge on any atom is -0.352 e. The van der Waals surface area contributed by atoms with E-state index in [0.717, 1.165) is 25.9 Å². The molecular formula is C11H23N3O. The number of likely N-dealkylation sites (N-methyl/N-ethyl adjacent to an activating group) is 1. The maximum absolute atomic E-state index is 11.6. The van der Waals surface area contributed by atoms with Gasteiger partial charge >= 0.3 is 0 Å². The van der Waals surface area contributed by atoms with Crippen molar-refractivity contribution in [2.45, 2.75) is 32.2 Å². The first-order valence-corrected chi connectivity index (χ1v) is 5.83. The van der Waals surface area contributed by atoms with Gasteiger partial charge in [0.05, 0.1) is 0 Å². The molecule has 0 saturated carbocycles. The highest BCUT2D eigenvalue weighted by molar-refractivity contribution is 5.76. The van der Waals surface area contributed by atoms with Crippen LogP contribution in [0, 0.1) is 5.92 Å². The Kier molecular flexibility index (Phi) is 5.05. The molecule has 15 heavy (non-hydrogen) atoms. The van der Waals surface area contributed by atoms with Crippen LogP contribution in [0.3, 0.4) is 0 Å². The van der Waals surface area contributed by atoms with Crippen molar-refractivity contribution in [1.29, 1.82) is 0 Å². The van der Waals surface area contributed by atoms with Gasteiger partial charge in [-0.2, -0.15) is 0 Å². The zero-order chi connectivity index (χ0) is 11.3. The van der Waals surface area contributed by atoms with Gasteiger partial charge in [0.2, 0.25) is 5.91 Å². The third kappa shape index (κ3) is 4.18. The average Bonchev–Trinajstić information content (AvgIpc) is 2.60. The number of amides is 1. The van der Waals surface area contributed by atoms with Crippen LogP contribution in [0.1, 0.15) is 26.2 Å². The van der Waals surface area contributed by atoms with Gasteiger partial charge < -0.3 is 16.0 Å². The number of carbonyl (C=O) groups is 1. The quantitative estimate of drug-likeness (QED) is 0.685. The van der Waals surface area contributed by atoms with Gasteiger partial charge in [-0.3, -0.25) is 4.79 Å². The topological polar surface area (TPSA) is 58.4 Å². The van der Waals surface area contributed by atoms with E-state index in [1.165, 1.54) is 0 Å². The molecule has 1 heterocycles.